The Kier molecular flexibility index (Phi) is 2.74. The van der Waals surface area contributed by atoms with Gasteiger partial charge in [-0.25, -0.2) is 14.7 Å². The summed E-state index contributed by atoms with van der Waals surface area (Å²) < 4.78 is 0.705. The van der Waals surface area contributed by atoms with Crippen LogP contribution in [0, 0.1) is 0 Å². The number of carbonyl (C=O) groups is 1. The topological polar surface area (TPSA) is 77.0 Å². The molecule has 7 heteroatoms. The van der Waals surface area contributed by atoms with Gasteiger partial charge >= 0.3 is 11.7 Å². The third-order valence-corrected chi connectivity index (χ3v) is 2.04. The Labute approximate surface area is 94.4 Å². The first-order valence-electron chi connectivity index (χ1n) is 4.27. The van der Waals surface area contributed by atoms with E-state index in [1.165, 1.54) is 12.1 Å². The van der Waals surface area contributed by atoms with E-state index in [0.29, 0.717) is 9.75 Å². The summed E-state index contributed by atoms with van der Waals surface area (Å²) in [4.78, 5) is 27.2. The third kappa shape index (κ3) is 2.12. The average molecular weight is 240 g/mol. The van der Waals surface area contributed by atoms with E-state index in [2.05, 4.69) is 10.2 Å². The number of nitrogens with one attached hydrogen (secondary N) is 1. The number of halogens is 1. The Morgan fingerprint density at radius 2 is 2.06 bits per heavy atom. The monoisotopic (exact) mass is 239 g/mol. The highest BCUT2D eigenvalue weighted by atomic mass is 35.5. The van der Waals surface area contributed by atoms with E-state index in [4.69, 9.17) is 16.4 Å². The highest BCUT2D eigenvalue weighted by Gasteiger charge is 2.09. The van der Waals surface area contributed by atoms with Gasteiger partial charge in [0.05, 0.1) is 5.56 Å². The SMILES string of the molecule is O=C(On1cn[nH]c1=O)c1ccc(Cl)cc1. The molecule has 0 amide bonds. The first-order chi connectivity index (χ1) is 7.66. The van der Waals surface area contributed by atoms with Crippen LogP contribution in [-0.2, 0) is 0 Å². The standard InChI is InChI=1S/C9H6ClN3O3/c10-7-3-1-6(2-4-7)8(14)16-13-5-11-12-9(13)15/h1-5H,(H,12,15). The van der Waals surface area contributed by atoms with Gasteiger partial charge in [0.1, 0.15) is 0 Å². The number of benzene rings is 1. The number of aromatic amines is 1. The molecule has 16 heavy (non-hydrogen) atoms. The van der Waals surface area contributed by atoms with Crippen molar-refractivity contribution in [2.45, 2.75) is 0 Å². The van der Waals surface area contributed by atoms with Crippen LogP contribution in [-0.4, -0.2) is 20.9 Å². The maximum absolute atomic E-state index is 11.5. The molecule has 0 aliphatic carbocycles. The van der Waals surface area contributed by atoms with Crippen molar-refractivity contribution in [3.8, 4) is 0 Å². The fourth-order valence-electron chi connectivity index (χ4n) is 1.03. The van der Waals surface area contributed by atoms with Crippen LogP contribution in [0.1, 0.15) is 10.4 Å². The summed E-state index contributed by atoms with van der Waals surface area (Å²) in [6.07, 6.45) is 1.07. The van der Waals surface area contributed by atoms with Crippen LogP contribution in [0.4, 0.5) is 0 Å². The molecule has 0 radical (unpaired) electrons. The van der Waals surface area contributed by atoms with E-state index >= 15 is 0 Å². The summed E-state index contributed by atoms with van der Waals surface area (Å²) in [5, 5.41) is 6.01. The second-order valence-corrected chi connectivity index (χ2v) is 3.31. The van der Waals surface area contributed by atoms with Gasteiger partial charge in [-0.3, -0.25) is 0 Å². The van der Waals surface area contributed by atoms with E-state index in [0.717, 1.165) is 6.33 Å². The lowest BCUT2D eigenvalue weighted by Crippen LogP contribution is -2.28. The third-order valence-electron chi connectivity index (χ3n) is 1.78. The molecule has 0 saturated carbocycles. The molecule has 0 aliphatic rings. The van der Waals surface area contributed by atoms with Gasteiger partial charge in [0.25, 0.3) is 0 Å². The highest BCUT2D eigenvalue weighted by molar-refractivity contribution is 6.30. The molecule has 1 aromatic carbocycles. The van der Waals surface area contributed by atoms with Crippen LogP contribution in [0.15, 0.2) is 35.4 Å². The van der Waals surface area contributed by atoms with E-state index in [9.17, 15) is 9.59 Å². The van der Waals surface area contributed by atoms with E-state index in [1.807, 2.05) is 0 Å². The normalized spacial score (nSPS) is 10.1. The maximum Gasteiger partial charge on any atom is 0.376 e. The molecule has 0 saturated heterocycles. The van der Waals surface area contributed by atoms with Gasteiger partial charge in [-0.2, -0.15) is 5.10 Å². The Balaban J connectivity index is 2.18. The minimum Gasteiger partial charge on any atom is -0.325 e. The first kappa shape index (κ1) is 10.4. The number of rotatable bonds is 2. The fourth-order valence-corrected chi connectivity index (χ4v) is 1.16. The number of hydrogen-bond acceptors (Lipinski definition) is 4. The Bertz CT molecular complexity index is 558. The molecule has 0 unspecified atom stereocenters. The van der Waals surface area contributed by atoms with Gasteiger partial charge in [-0.15, -0.1) is 4.73 Å². The van der Waals surface area contributed by atoms with Gasteiger partial charge in [-0.1, -0.05) is 11.6 Å². The number of nitrogens with zero attached hydrogens (tertiary/aromatic N) is 2. The fraction of sp³-hybridized carbons (Fsp3) is 0. The quantitative estimate of drug-likeness (QED) is 0.828. The molecule has 0 bridgehead atoms. The van der Waals surface area contributed by atoms with Crippen LogP contribution in [0.25, 0.3) is 0 Å². The van der Waals surface area contributed by atoms with E-state index in [-0.39, 0.29) is 5.56 Å². The summed E-state index contributed by atoms with van der Waals surface area (Å²) in [6.45, 7) is 0. The molecule has 1 aromatic heterocycles. The molecular formula is C9H6ClN3O3. The second-order valence-electron chi connectivity index (χ2n) is 2.87. The summed E-state index contributed by atoms with van der Waals surface area (Å²) in [7, 11) is 0. The van der Waals surface area contributed by atoms with Crippen LogP contribution < -0.4 is 10.5 Å². The Morgan fingerprint density at radius 3 is 2.62 bits per heavy atom. The van der Waals surface area contributed by atoms with Gasteiger partial charge < -0.3 is 4.84 Å². The average Bonchev–Trinajstić information content (AvgIpc) is 2.65. The van der Waals surface area contributed by atoms with Crippen molar-refractivity contribution >= 4 is 17.6 Å². The zero-order valence-corrected chi connectivity index (χ0v) is 8.64. The van der Waals surface area contributed by atoms with Crippen LogP contribution in [0.5, 0.6) is 0 Å². The predicted octanol–water partition coefficient (Wildman–Crippen LogP) is 0.494. The molecule has 0 fully saturated rings. The van der Waals surface area contributed by atoms with E-state index in [1.54, 1.807) is 12.1 Å². The molecule has 6 nitrogen and oxygen atoms in total. The zero-order valence-electron chi connectivity index (χ0n) is 7.88. The summed E-state index contributed by atoms with van der Waals surface area (Å²) in [6, 6.07) is 6.10. The number of aromatic nitrogens is 3. The van der Waals surface area contributed by atoms with Crippen LogP contribution in [0.3, 0.4) is 0 Å². The number of carbonyl (C=O) groups excluding carboxylic acids is 1. The van der Waals surface area contributed by atoms with Gasteiger partial charge in [0, 0.05) is 5.02 Å². The summed E-state index contributed by atoms with van der Waals surface area (Å²) >= 11 is 5.66. The molecule has 0 aliphatic heterocycles. The van der Waals surface area contributed by atoms with Gasteiger partial charge in [0.15, 0.2) is 6.33 Å². The number of H-pyrrole nitrogens is 1. The lowest BCUT2D eigenvalue weighted by Gasteiger charge is -2.01. The van der Waals surface area contributed by atoms with E-state index < -0.39 is 11.7 Å². The zero-order chi connectivity index (χ0) is 11.5. The van der Waals surface area contributed by atoms with Crippen molar-refractivity contribution < 1.29 is 9.63 Å². The molecule has 0 spiro atoms. The van der Waals surface area contributed by atoms with Gasteiger partial charge in [0.2, 0.25) is 0 Å². The molecule has 0 atom stereocenters. The van der Waals surface area contributed by atoms with Crippen LogP contribution >= 0.6 is 11.6 Å². The minimum atomic E-state index is -0.667. The summed E-state index contributed by atoms with van der Waals surface area (Å²) in [5.41, 5.74) is -0.334. The number of hydrogen-bond donors (Lipinski definition) is 1. The summed E-state index contributed by atoms with van der Waals surface area (Å²) in [5.74, 6) is -0.667. The maximum atomic E-state index is 11.5. The van der Waals surface area contributed by atoms with Crippen molar-refractivity contribution in [1.29, 1.82) is 0 Å². The molecular weight excluding hydrogens is 234 g/mol. The largest absolute Gasteiger partial charge is 0.376 e. The second kappa shape index (κ2) is 4.19. The minimum absolute atomic E-state index is 0.289. The molecule has 1 N–H and O–H groups in total. The highest BCUT2D eigenvalue weighted by Crippen LogP contribution is 2.09. The van der Waals surface area contributed by atoms with Crippen LogP contribution in [0.2, 0.25) is 5.02 Å². The van der Waals surface area contributed by atoms with Crippen molar-refractivity contribution in [2.24, 2.45) is 0 Å². The lowest BCUT2D eigenvalue weighted by molar-refractivity contribution is 0.0443. The van der Waals surface area contributed by atoms with Crippen molar-refractivity contribution in [2.75, 3.05) is 0 Å². The first-order valence-corrected chi connectivity index (χ1v) is 4.65. The smallest absolute Gasteiger partial charge is 0.325 e. The molecule has 82 valence electrons. The van der Waals surface area contributed by atoms with Crippen molar-refractivity contribution in [3.05, 3.63) is 51.7 Å². The van der Waals surface area contributed by atoms with Crippen molar-refractivity contribution in [3.63, 3.8) is 0 Å². The predicted molar refractivity (Wildman–Crippen MR) is 55.2 cm³/mol. The molecule has 2 aromatic rings. The lowest BCUT2D eigenvalue weighted by atomic mass is 10.2. The Hall–Kier alpha value is -2.08. The molecule has 2 rings (SSSR count). The van der Waals surface area contributed by atoms with Crippen molar-refractivity contribution in [1.82, 2.24) is 14.9 Å². The Morgan fingerprint density at radius 1 is 1.38 bits per heavy atom. The van der Waals surface area contributed by atoms with Gasteiger partial charge in [-0.05, 0) is 24.3 Å². The molecule has 1 heterocycles.